The van der Waals surface area contributed by atoms with Crippen LogP contribution in [-0.4, -0.2) is 11.7 Å². The van der Waals surface area contributed by atoms with Crippen LogP contribution in [0.2, 0.25) is 5.02 Å². The van der Waals surface area contributed by atoms with Crippen LogP contribution in [0.3, 0.4) is 0 Å². The maximum atomic E-state index is 8.93. The van der Waals surface area contributed by atoms with Crippen LogP contribution in [0.25, 0.3) is 0 Å². The molecule has 0 fully saturated rings. The van der Waals surface area contributed by atoms with Crippen molar-refractivity contribution in [2.24, 2.45) is 0 Å². The van der Waals surface area contributed by atoms with Crippen LogP contribution in [-0.2, 0) is 6.42 Å². The van der Waals surface area contributed by atoms with E-state index >= 15 is 0 Å². The van der Waals surface area contributed by atoms with Gasteiger partial charge in [-0.15, -0.1) is 0 Å². The molecular formula is C18H21ClO2. The highest BCUT2D eigenvalue weighted by atomic mass is 35.5. The van der Waals surface area contributed by atoms with Crippen molar-refractivity contribution in [3.8, 4) is 5.75 Å². The average Bonchev–Trinajstić information content (AvgIpc) is 2.50. The summed E-state index contributed by atoms with van der Waals surface area (Å²) in [7, 11) is 0. The quantitative estimate of drug-likeness (QED) is 0.796. The zero-order chi connectivity index (χ0) is 15.1. The number of aliphatic hydroxyl groups is 1. The molecule has 0 aliphatic carbocycles. The lowest BCUT2D eigenvalue weighted by molar-refractivity contribution is 0.194. The first-order valence-corrected chi connectivity index (χ1v) is 7.72. The van der Waals surface area contributed by atoms with Crippen molar-refractivity contribution < 1.29 is 9.84 Å². The van der Waals surface area contributed by atoms with Gasteiger partial charge < -0.3 is 9.84 Å². The molecule has 21 heavy (non-hydrogen) atoms. The van der Waals surface area contributed by atoms with Crippen molar-refractivity contribution in [2.75, 3.05) is 6.61 Å². The Morgan fingerprint density at radius 3 is 2.29 bits per heavy atom. The molecule has 0 bridgehead atoms. The molecule has 0 saturated carbocycles. The standard InChI is InChI=1S/C18H21ClO2/c1-2-3-18(15-6-8-16(19)9-7-15)21-17-10-4-14(5-11-17)12-13-20/h4-11,18,20H,2-3,12-13H2,1H3. The Balaban J connectivity index is 2.10. The fourth-order valence-corrected chi connectivity index (χ4v) is 2.39. The molecule has 1 atom stereocenters. The highest BCUT2D eigenvalue weighted by molar-refractivity contribution is 6.30. The molecule has 0 amide bonds. The highest BCUT2D eigenvalue weighted by Gasteiger charge is 2.12. The van der Waals surface area contributed by atoms with Crippen molar-refractivity contribution in [3.63, 3.8) is 0 Å². The first-order chi connectivity index (χ1) is 10.2. The summed E-state index contributed by atoms with van der Waals surface area (Å²) in [6, 6.07) is 15.7. The van der Waals surface area contributed by atoms with Gasteiger partial charge in [-0.25, -0.2) is 0 Å². The molecule has 0 heterocycles. The van der Waals surface area contributed by atoms with Crippen molar-refractivity contribution in [3.05, 3.63) is 64.7 Å². The van der Waals surface area contributed by atoms with E-state index in [0.29, 0.717) is 6.42 Å². The zero-order valence-electron chi connectivity index (χ0n) is 12.3. The molecule has 0 radical (unpaired) electrons. The summed E-state index contributed by atoms with van der Waals surface area (Å²) < 4.78 is 6.11. The van der Waals surface area contributed by atoms with Gasteiger partial charge in [0.2, 0.25) is 0 Å². The molecule has 1 N–H and O–H groups in total. The molecule has 0 aliphatic rings. The van der Waals surface area contributed by atoms with Gasteiger partial charge >= 0.3 is 0 Å². The number of ether oxygens (including phenoxy) is 1. The average molecular weight is 305 g/mol. The Kier molecular flexibility index (Phi) is 6.09. The van der Waals surface area contributed by atoms with E-state index < -0.39 is 0 Å². The molecule has 112 valence electrons. The predicted octanol–water partition coefficient (Wildman–Crippen LogP) is 4.80. The minimum Gasteiger partial charge on any atom is -0.486 e. The Labute approximate surface area is 131 Å². The molecule has 2 aromatic carbocycles. The normalized spacial score (nSPS) is 12.1. The summed E-state index contributed by atoms with van der Waals surface area (Å²) >= 11 is 5.94. The predicted molar refractivity (Wildman–Crippen MR) is 87.0 cm³/mol. The van der Waals surface area contributed by atoms with Crippen molar-refractivity contribution in [1.82, 2.24) is 0 Å². The third-order valence-electron chi connectivity index (χ3n) is 3.39. The number of halogens is 1. The topological polar surface area (TPSA) is 29.5 Å². The van der Waals surface area contributed by atoms with Gasteiger partial charge in [0.15, 0.2) is 0 Å². The Hall–Kier alpha value is -1.51. The van der Waals surface area contributed by atoms with E-state index in [0.717, 1.165) is 34.7 Å². The van der Waals surface area contributed by atoms with Gasteiger partial charge in [0, 0.05) is 11.6 Å². The highest BCUT2D eigenvalue weighted by Crippen LogP contribution is 2.27. The smallest absolute Gasteiger partial charge is 0.124 e. The molecule has 0 aromatic heterocycles. The van der Waals surface area contributed by atoms with Crippen LogP contribution < -0.4 is 4.74 Å². The first kappa shape index (κ1) is 15.9. The number of hydrogen-bond donors (Lipinski definition) is 1. The van der Waals surface area contributed by atoms with Crippen LogP contribution in [0, 0.1) is 0 Å². The Bertz CT molecular complexity index is 534. The lowest BCUT2D eigenvalue weighted by Crippen LogP contribution is -2.07. The van der Waals surface area contributed by atoms with Crippen molar-refractivity contribution in [1.29, 1.82) is 0 Å². The van der Waals surface area contributed by atoms with Gasteiger partial charge in [-0.3, -0.25) is 0 Å². The fourth-order valence-electron chi connectivity index (χ4n) is 2.26. The lowest BCUT2D eigenvalue weighted by Gasteiger charge is -2.19. The van der Waals surface area contributed by atoms with Crippen LogP contribution in [0.1, 0.15) is 37.0 Å². The van der Waals surface area contributed by atoms with E-state index in [2.05, 4.69) is 6.92 Å². The van der Waals surface area contributed by atoms with Gasteiger partial charge in [-0.05, 0) is 48.2 Å². The molecule has 2 nitrogen and oxygen atoms in total. The largest absolute Gasteiger partial charge is 0.486 e. The van der Waals surface area contributed by atoms with Gasteiger partial charge in [-0.2, -0.15) is 0 Å². The third-order valence-corrected chi connectivity index (χ3v) is 3.65. The minimum absolute atomic E-state index is 0.0379. The minimum atomic E-state index is 0.0379. The SMILES string of the molecule is CCCC(Oc1ccc(CCO)cc1)c1ccc(Cl)cc1. The van der Waals surface area contributed by atoms with E-state index in [9.17, 15) is 0 Å². The summed E-state index contributed by atoms with van der Waals surface area (Å²) in [5.41, 5.74) is 2.25. The molecule has 0 aliphatic heterocycles. The summed E-state index contributed by atoms with van der Waals surface area (Å²) in [4.78, 5) is 0. The number of aliphatic hydroxyl groups excluding tert-OH is 1. The van der Waals surface area contributed by atoms with Crippen LogP contribution in [0.4, 0.5) is 0 Å². The molecule has 1 unspecified atom stereocenters. The number of hydrogen-bond acceptors (Lipinski definition) is 2. The molecule has 0 saturated heterocycles. The maximum Gasteiger partial charge on any atom is 0.124 e. The van der Waals surface area contributed by atoms with Gasteiger partial charge in [0.25, 0.3) is 0 Å². The zero-order valence-corrected chi connectivity index (χ0v) is 13.0. The second-order valence-electron chi connectivity index (χ2n) is 5.06. The first-order valence-electron chi connectivity index (χ1n) is 7.35. The lowest BCUT2D eigenvalue weighted by atomic mass is 10.1. The second kappa shape index (κ2) is 8.06. The molecular weight excluding hydrogens is 284 g/mol. The van der Waals surface area contributed by atoms with E-state index in [1.54, 1.807) is 0 Å². The van der Waals surface area contributed by atoms with Crippen LogP contribution in [0.5, 0.6) is 5.75 Å². The van der Waals surface area contributed by atoms with Gasteiger partial charge in [0.1, 0.15) is 11.9 Å². The number of rotatable bonds is 7. The van der Waals surface area contributed by atoms with Gasteiger partial charge in [0.05, 0.1) is 0 Å². The third kappa shape index (κ3) is 4.76. The van der Waals surface area contributed by atoms with E-state index in [1.807, 2.05) is 48.5 Å². The molecule has 2 rings (SSSR count). The maximum absolute atomic E-state index is 8.93. The Morgan fingerprint density at radius 2 is 1.71 bits per heavy atom. The fraction of sp³-hybridized carbons (Fsp3) is 0.333. The van der Waals surface area contributed by atoms with Gasteiger partial charge in [-0.1, -0.05) is 49.2 Å². The second-order valence-corrected chi connectivity index (χ2v) is 5.50. The van der Waals surface area contributed by atoms with Crippen LogP contribution in [0.15, 0.2) is 48.5 Å². The van der Waals surface area contributed by atoms with Crippen molar-refractivity contribution in [2.45, 2.75) is 32.3 Å². The molecule has 0 spiro atoms. The molecule has 3 heteroatoms. The van der Waals surface area contributed by atoms with Crippen molar-refractivity contribution >= 4 is 11.6 Å². The van der Waals surface area contributed by atoms with Crippen LogP contribution >= 0.6 is 11.6 Å². The summed E-state index contributed by atoms with van der Waals surface area (Å²) in [6.07, 6.45) is 2.72. The summed E-state index contributed by atoms with van der Waals surface area (Å²) in [5.74, 6) is 0.852. The Morgan fingerprint density at radius 1 is 1.05 bits per heavy atom. The number of benzene rings is 2. The summed E-state index contributed by atoms with van der Waals surface area (Å²) in [5, 5.41) is 9.67. The van der Waals surface area contributed by atoms with E-state index in [4.69, 9.17) is 21.4 Å². The monoisotopic (exact) mass is 304 g/mol. The summed E-state index contributed by atoms with van der Waals surface area (Å²) in [6.45, 7) is 2.32. The van der Waals surface area contributed by atoms with E-state index in [1.165, 1.54) is 0 Å². The van der Waals surface area contributed by atoms with E-state index in [-0.39, 0.29) is 12.7 Å². The molecule has 2 aromatic rings.